The van der Waals surface area contributed by atoms with Gasteiger partial charge in [0.15, 0.2) is 0 Å². The van der Waals surface area contributed by atoms with Crippen molar-refractivity contribution in [2.45, 2.75) is 20.2 Å². The van der Waals surface area contributed by atoms with E-state index in [9.17, 15) is 0 Å². The van der Waals surface area contributed by atoms with Crippen molar-refractivity contribution >= 4 is 21.5 Å². The molecule has 1 radical (unpaired) electrons. The summed E-state index contributed by atoms with van der Waals surface area (Å²) in [6, 6.07) is 40.4. The molecule has 2 nitrogen and oxygen atoms in total. The standard InChI is InChI=1S/C23H20N.C11H8N.Ir/c1-16(2)13-17-11-12-24-23(14-17)20-9-10-22-19(15-20)8-7-18-5-3-4-6-21(18)22;1-2-6-10(7-3-1)11-8-4-5-9-12-11;/h3-8,10-12,14-16H,13H2,1-2H3;1-6,8-9H;/q2*-1;/i13D2;;. The monoisotopic (exact) mass is 659 g/mol. The summed E-state index contributed by atoms with van der Waals surface area (Å²) < 4.78 is 16.7. The Morgan fingerprint density at radius 2 is 1.49 bits per heavy atom. The summed E-state index contributed by atoms with van der Waals surface area (Å²) in [5.41, 5.74) is 4.30. The van der Waals surface area contributed by atoms with E-state index in [4.69, 9.17) is 2.74 Å². The number of fused-ring (bicyclic) bond motifs is 3. The van der Waals surface area contributed by atoms with Crippen molar-refractivity contribution < 1.29 is 22.8 Å². The first-order chi connectivity index (χ1) is 18.4. The fraction of sp³-hybridized carbons (Fsp3) is 0.118. The zero-order valence-corrected chi connectivity index (χ0v) is 23.2. The van der Waals surface area contributed by atoms with Gasteiger partial charge < -0.3 is 9.97 Å². The molecule has 0 amide bonds. The number of rotatable bonds is 4. The molecule has 0 bridgehead atoms. The molecule has 0 atom stereocenters. The van der Waals surface area contributed by atoms with Crippen LogP contribution in [0.1, 0.15) is 22.2 Å². The number of nitrogens with zero attached hydrogens (tertiary/aromatic N) is 2. The molecule has 4 aromatic carbocycles. The SMILES string of the molecule is [2H]C([2H])(c1ccnc(-c2[c-]cc3c(ccc4ccccc43)c2)c1)C(C)C.[Ir].[c-]1ccccc1-c1ccccn1. The Balaban J connectivity index is 0.000000228. The molecule has 0 aliphatic heterocycles. The average Bonchev–Trinajstić information content (AvgIpc) is 2.98. The number of hydrogen-bond acceptors (Lipinski definition) is 2. The van der Waals surface area contributed by atoms with Crippen molar-refractivity contribution in [2.75, 3.05) is 0 Å². The van der Waals surface area contributed by atoms with Crippen LogP contribution in [0, 0.1) is 18.1 Å². The molecule has 3 heteroatoms. The van der Waals surface area contributed by atoms with Crippen LogP contribution in [0.3, 0.4) is 0 Å². The van der Waals surface area contributed by atoms with E-state index in [0.717, 1.165) is 27.9 Å². The Bertz CT molecular complexity index is 1630. The van der Waals surface area contributed by atoms with E-state index in [1.54, 1.807) is 18.5 Å². The number of hydrogen-bond donors (Lipinski definition) is 0. The van der Waals surface area contributed by atoms with E-state index in [-0.39, 0.29) is 26.0 Å². The van der Waals surface area contributed by atoms with Crippen molar-refractivity contribution in [3.63, 3.8) is 0 Å². The molecule has 2 aromatic heterocycles. The van der Waals surface area contributed by atoms with Gasteiger partial charge in [0.05, 0.1) is 0 Å². The van der Waals surface area contributed by atoms with E-state index in [2.05, 4.69) is 58.5 Å². The summed E-state index contributed by atoms with van der Waals surface area (Å²) in [6.45, 7) is 3.79. The third-order valence-electron chi connectivity index (χ3n) is 5.82. The second kappa shape index (κ2) is 12.5. The van der Waals surface area contributed by atoms with Crippen molar-refractivity contribution in [1.29, 1.82) is 0 Å². The average molecular weight is 659 g/mol. The topological polar surface area (TPSA) is 25.8 Å². The van der Waals surface area contributed by atoms with Crippen LogP contribution in [-0.2, 0) is 26.5 Å². The van der Waals surface area contributed by atoms with Gasteiger partial charge in [-0.1, -0.05) is 84.8 Å². The predicted molar refractivity (Wildman–Crippen MR) is 151 cm³/mol. The Morgan fingerprint density at radius 1 is 0.703 bits per heavy atom. The normalized spacial score (nSPS) is 11.8. The summed E-state index contributed by atoms with van der Waals surface area (Å²) in [5.74, 6) is -0.107. The van der Waals surface area contributed by atoms with Crippen molar-refractivity contribution in [2.24, 2.45) is 5.92 Å². The Labute approximate surface area is 235 Å². The van der Waals surface area contributed by atoms with Crippen LogP contribution in [-0.4, -0.2) is 9.97 Å². The fourth-order valence-electron chi connectivity index (χ4n) is 4.17. The van der Waals surface area contributed by atoms with Crippen LogP contribution in [0.15, 0.2) is 116 Å². The van der Waals surface area contributed by atoms with Gasteiger partial charge in [0.25, 0.3) is 0 Å². The van der Waals surface area contributed by atoms with Crippen molar-refractivity contribution in [1.82, 2.24) is 9.97 Å². The van der Waals surface area contributed by atoms with Crippen LogP contribution < -0.4 is 0 Å². The molecule has 0 unspecified atom stereocenters. The molecule has 6 rings (SSSR count). The van der Waals surface area contributed by atoms with Crippen molar-refractivity contribution in [3.05, 3.63) is 133 Å². The smallest absolute Gasteiger partial charge is 0.0318 e. The first-order valence-electron chi connectivity index (χ1n) is 13.1. The van der Waals surface area contributed by atoms with Gasteiger partial charge in [0.2, 0.25) is 0 Å². The van der Waals surface area contributed by atoms with Gasteiger partial charge >= 0.3 is 0 Å². The van der Waals surface area contributed by atoms with E-state index in [0.29, 0.717) is 5.56 Å². The summed E-state index contributed by atoms with van der Waals surface area (Å²) in [7, 11) is 0. The molecule has 185 valence electrons. The minimum atomic E-state index is -1.38. The Morgan fingerprint density at radius 3 is 2.27 bits per heavy atom. The maximum absolute atomic E-state index is 8.33. The largest absolute Gasteiger partial charge is 0.305 e. The first kappa shape index (κ1) is 23.7. The molecule has 0 saturated carbocycles. The van der Waals surface area contributed by atoms with E-state index < -0.39 is 6.37 Å². The first-order valence-corrected chi connectivity index (χ1v) is 12.1. The molecular formula is C34H28IrN2-2. The second-order valence-electron chi connectivity index (χ2n) is 8.86. The summed E-state index contributed by atoms with van der Waals surface area (Å²) in [5, 5.41) is 4.73. The second-order valence-corrected chi connectivity index (χ2v) is 8.86. The third-order valence-corrected chi connectivity index (χ3v) is 5.82. The zero-order valence-electron chi connectivity index (χ0n) is 22.8. The molecule has 37 heavy (non-hydrogen) atoms. The molecule has 0 spiro atoms. The van der Waals surface area contributed by atoms with Gasteiger partial charge in [-0.05, 0) is 41.2 Å². The van der Waals surface area contributed by atoms with Crippen LogP contribution in [0.2, 0.25) is 0 Å². The van der Waals surface area contributed by atoms with Crippen molar-refractivity contribution in [3.8, 4) is 22.5 Å². The predicted octanol–water partition coefficient (Wildman–Crippen LogP) is 8.60. The van der Waals surface area contributed by atoms with Gasteiger partial charge in [0.1, 0.15) is 0 Å². The van der Waals surface area contributed by atoms with E-state index in [1.165, 1.54) is 16.2 Å². The number of aromatic nitrogens is 2. The van der Waals surface area contributed by atoms with Gasteiger partial charge in [-0.3, -0.25) is 0 Å². The zero-order chi connectivity index (χ0) is 26.5. The summed E-state index contributed by atoms with van der Waals surface area (Å²) in [6.07, 6.45) is 2.09. The Hall–Kier alpha value is -3.65. The van der Waals surface area contributed by atoms with Gasteiger partial charge in [0, 0.05) is 35.2 Å². The summed E-state index contributed by atoms with van der Waals surface area (Å²) in [4.78, 5) is 8.67. The van der Waals surface area contributed by atoms with Gasteiger partial charge in [-0.2, -0.15) is 0 Å². The maximum atomic E-state index is 8.33. The summed E-state index contributed by atoms with van der Waals surface area (Å²) >= 11 is 0. The van der Waals surface area contributed by atoms with Crippen LogP contribution in [0.4, 0.5) is 0 Å². The Kier molecular flexibility index (Phi) is 8.04. The molecule has 2 heterocycles. The third kappa shape index (κ3) is 6.57. The quantitative estimate of drug-likeness (QED) is 0.140. The van der Waals surface area contributed by atoms with E-state index >= 15 is 0 Å². The molecule has 0 fully saturated rings. The maximum Gasteiger partial charge on any atom is 0.0318 e. The minimum Gasteiger partial charge on any atom is -0.305 e. The van der Waals surface area contributed by atoms with Crippen LogP contribution >= 0.6 is 0 Å². The van der Waals surface area contributed by atoms with Gasteiger partial charge in [-0.25, -0.2) is 0 Å². The molecule has 0 N–H and O–H groups in total. The molecule has 0 aliphatic carbocycles. The van der Waals surface area contributed by atoms with Gasteiger partial charge in [-0.15, -0.1) is 65.0 Å². The van der Waals surface area contributed by atoms with Crippen LogP contribution in [0.5, 0.6) is 0 Å². The fourth-order valence-corrected chi connectivity index (χ4v) is 4.17. The van der Waals surface area contributed by atoms with Crippen LogP contribution in [0.25, 0.3) is 44.1 Å². The molecular weight excluding hydrogens is 629 g/mol. The number of benzene rings is 4. The minimum absolute atomic E-state index is 0. The molecule has 6 aromatic rings. The number of pyridine rings is 2. The van der Waals surface area contributed by atoms with E-state index in [1.807, 2.05) is 74.5 Å². The molecule has 0 aliphatic rings. The molecule has 0 saturated heterocycles.